The molecule has 0 bridgehead atoms. The van der Waals surface area contributed by atoms with Crippen molar-refractivity contribution in [3.8, 4) is 0 Å². The number of aliphatic hydroxyl groups is 1. The van der Waals surface area contributed by atoms with Crippen molar-refractivity contribution < 1.29 is 5.11 Å². The maximum atomic E-state index is 9.88. The second-order valence-electron chi connectivity index (χ2n) is 5.16. The second kappa shape index (κ2) is 5.52. The van der Waals surface area contributed by atoms with Crippen molar-refractivity contribution in [2.45, 2.75) is 32.8 Å². The molecule has 0 aliphatic heterocycles. The summed E-state index contributed by atoms with van der Waals surface area (Å²) in [5, 5.41) is 9.88. The maximum Gasteiger partial charge on any atom is 0.0758 e. The number of nitrogens with zero attached hydrogens (tertiary/aromatic N) is 1. The highest BCUT2D eigenvalue weighted by atomic mass is 16.3. The van der Waals surface area contributed by atoms with Crippen LogP contribution in [0.5, 0.6) is 0 Å². The number of anilines is 1. The van der Waals surface area contributed by atoms with Gasteiger partial charge in [-0.25, -0.2) is 0 Å². The van der Waals surface area contributed by atoms with Crippen LogP contribution in [0.15, 0.2) is 18.2 Å². The fourth-order valence-corrected chi connectivity index (χ4v) is 1.86. The first-order valence-corrected chi connectivity index (χ1v) is 6.06. The number of aryl methyl sites for hydroxylation is 2. The topological polar surface area (TPSA) is 49.5 Å². The first kappa shape index (κ1) is 14.0. The van der Waals surface area contributed by atoms with Crippen LogP contribution >= 0.6 is 0 Å². The predicted octanol–water partition coefficient (Wildman–Crippen LogP) is 1.84. The molecular formula is C14H24N2O. The molecule has 1 unspecified atom stereocenters. The van der Waals surface area contributed by atoms with Crippen molar-refractivity contribution in [3.63, 3.8) is 0 Å². The molecule has 0 radical (unpaired) electrons. The molecule has 0 fully saturated rings. The Morgan fingerprint density at radius 2 is 2.00 bits per heavy atom. The van der Waals surface area contributed by atoms with E-state index < -0.39 is 5.60 Å². The van der Waals surface area contributed by atoms with Crippen LogP contribution < -0.4 is 10.6 Å². The number of rotatable bonds is 5. The van der Waals surface area contributed by atoms with Crippen molar-refractivity contribution in [2.24, 2.45) is 5.73 Å². The maximum absolute atomic E-state index is 9.88. The molecular weight excluding hydrogens is 212 g/mol. The number of benzene rings is 1. The highest BCUT2D eigenvalue weighted by Crippen LogP contribution is 2.21. The van der Waals surface area contributed by atoms with E-state index in [0.717, 1.165) is 6.54 Å². The van der Waals surface area contributed by atoms with Gasteiger partial charge in [0.2, 0.25) is 0 Å². The van der Waals surface area contributed by atoms with Gasteiger partial charge in [-0.15, -0.1) is 0 Å². The summed E-state index contributed by atoms with van der Waals surface area (Å²) in [7, 11) is 2.05. The van der Waals surface area contributed by atoms with Gasteiger partial charge in [0, 0.05) is 25.8 Å². The quantitative estimate of drug-likeness (QED) is 0.820. The summed E-state index contributed by atoms with van der Waals surface area (Å²) in [6, 6.07) is 6.41. The lowest BCUT2D eigenvalue weighted by atomic mass is 10.0. The fraction of sp³-hybridized carbons (Fsp3) is 0.571. The van der Waals surface area contributed by atoms with Gasteiger partial charge in [-0.05, 0) is 38.8 Å². The highest BCUT2D eigenvalue weighted by Gasteiger charge is 2.18. The zero-order valence-electron chi connectivity index (χ0n) is 11.3. The molecule has 3 N–H and O–H groups in total. The minimum absolute atomic E-state index is 0.299. The lowest BCUT2D eigenvalue weighted by Crippen LogP contribution is -2.37. The van der Waals surface area contributed by atoms with Crippen molar-refractivity contribution in [3.05, 3.63) is 29.3 Å². The Morgan fingerprint density at radius 3 is 2.53 bits per heavy atom. The van der Waals surface area contributed by atoms with Gasteiger partial charge in [-0.3, -0.25) is 0 Å². The lowest BCUT2D eigenvalue weighted by Gasteiger charge is -2.27. The fourth-order valence-electron chi connectivity index (χ4n) is 1.86. The van der Waals surface area contributed by atoms with Gasteiger partial charge in [-0.1, -0.05) is 17.7 Å². The molecule has 0 heterocycles. The minimum Gasteiger partial charge on any atom is -0.389 e. The van der Waals surface area contributed by atoms with E-state index in [1.165, 1.54) is 16.8 Å². The molecule has 0 aliphatic rings. The van der Waals surface area contributed by atoms with Crippen molar-refractivity contribution in [1.29, 1.82) is 0 Å². The molecule has 0 aromatic heterocycles. The Balaban J connectivity index is 2.67. The summed E-state index contributed by atoms with van der Waals surface area (Å²) in [6.07, 6.45) is 0.674. The van der Waals surface area contributed by atoms with Crippen LogP contribution in [-0.2, 0) is 0 Å². The van der Waals surface area contributed by atoms with E-state index in [4.69, 9.17) is 5.73 Å². The lowest BCUT2D eigenvalue weighted by molar-refractivity contribution is 0.0623. The normalized spacial score (nSPS) is 14.5. The number of nitrogens with two attached hydrogens (primary N) is 1. The van der Waals surface area contributed by atoms with Gasteiger partial charge in [0.05, 0.1) is 5.60 Å². The Bertz CT molecular complexity index is 374. The largest absolute Gasteiger partial charge is 0.389 e. The van der Waals surface area contributed by atoms with Crippen LogP contribution in [0.25, 0.3) is 0 Å². The van der Waals surface area contributed by atoms with Crippen LogP contribution in [0.1, 0.15) is 24.5 Å². The van der Waals surface area contributed by atoms with Gasteiger partial charge in [0.1, 0.15) is 0 Å². The number of hydrogen-bond donors (Lipinski definition) is 2. The summed E-state index contributed by atoms with van der Waals surface area (Å²) >= 11 is 0. The summed E-state index contributed by atoms with van der Waals surface area (Å²) in [4.78, 5) is 2.17. The van der Waals surface area contributed by atoms with Gasteiger partial charge in [0.25, 0.3) is 0 Å². The van der Waals surface area contributed by atoms with Crippen molar-refractivity contribution >= 4 is 5.69 Å². The standard InChI is InChI=1S/C14H24N2O/c1-11-5-6-13(12(2)9-11)16(4)8-7-14(3,17)10-15/h5-6,9,17H,7-8,10,15H2,1-4H3. The van der Waals surface area contributed by atoms with E-state index in [2.05, 4.69) is 36.9 Å². The average Bonchev–Trinajstić information content (AvgIpc) is 2.26. The van der Waals surface area contributed by atoms with E-state index in [-0.39, 0.29) is 0 Å². The van der Waals surface area contributed by atoms with Crippen LogP contribution in [0, 0.1) is 13.8 Å². The molecule has 0 saturated carbocycles. The molecule has 0 amide bonds. The van der Waals surface area contributed by atoms with Gasteiger partial charge < -0.3 is 15.7 Å². The van der Waals surface area contributed by atoms with E-state index in [1.807, 2.05) is 7.05 Å². The Hall–Kier alpha value is -1.06. The molecule has 3 nitrogen and oxygen atoms in total. The molecule has 96 valence electrons. The predicted molar refractivity (Wildman–Crippen MR) is 73.5 cm³/mol. The monoisotopic (exact) mass is 236 g/mol. The molecule has 0 saturated heterocycles. The zero-order chi connectivity index (χ0) is 13.1. The Kier molecular flexibility index (Phi) is 4.54. The van der Waals surface area contributed by atoms with E-state index in [0.29, 0.717) is 13.0 Å². The van der Waals surface area contributed by atoms with Crippen LogP contribution in [0.3, 0.4) is 0 Å². The average molecular weight is 236 g/mol. The molecule has 1 aromatic carbocycles. The van der Waals surface area contributed by atoms with Crippen LogP contribution in [0.4, 0.5) is 5.69 Å². The third kappa shape index (κ3) is 4.02. The first-order chi connectivity index (χ1) is 7.85. The van der Waals surface area contributed by atoms with E-state index in [9.17, 15) is 5.11 Å². The van der Waals surface area contributed by atoms with E-state index >= 15 is 0 Å². The summed E-state index contributed by atoms with van der Waals surface area (Å²) in [5.74, 6) is 0. The first-order valence-electron chi connectivity index (χ1n) is 6.06. The second-order valence-corrected chi connectivity index (χ2v) is 5.16. The third-order valence-corrected chi connectivity index (χ3v) is 3.19. The van der Waals surface area contributed by atoms with Gasteiger partial charge >= 0.3 is 0 Å². The van der Waals surface area contributed by atoms with E-state index in [1.54, 1.807) is 6.92 Å². The van der Waals surface area contributed by atoms with Gasteiger partial charge in [0.15, 0.2) is 0 Å². The molecule has 0 aliphatic carbocycles. The molecule has 3 heteroatoms. The minimum atomic E-state index is -0.771. The van der Waals surface area contributed by atoms with Crippen LogP contribution in [-0.4, -0.2) is 30.8 Å². The Labute approximate surface area is 104 Å². The SMILES string of the molecule is Cc1ccc(N(C)CCC(C)(O)CN)c(C)c1. The molecule has 1 atom stereocenters. The molecule has 0 spiro atoms. The summed E-state index contributed by atoms with van der Waals surface area (Å²) in [6.45, 7) is 7.08. The molecule has 1 rings (SSSR count). The summed E-state index contributed by atoms with van der Waals surface area (Å²) < 4.78 is 0. The van der Waals surface area contributed by atoms with Gasteiger partial charge in [-0.2, -0.15) is 0 Å². The smallest absolute Gasteiger partial charge is 0.0758 e. The zero-order valence-corrected chi connectivity index (χ0v) is 11.3. The van der Waals surface area contributed by atoms with Crippen molar-refractivity contribution in [2.75, 3.05) is 25.0 Å². The molecule has 1 aromatic rings. The Morgan fingerprint density at radius 1 is 1.35 bits per heavy atom. The van der Waals surface area contributed by atoms with Crippen LogP contribution in [0.2, 0.25) is 0 Å². The third-order valence-electron chi connectivity index (χ3n) is 3.19. The summed E-state index contributed by atoms with van der Waals surface area (Å²) in [5.41, 5.74) is 8.49. The van der Waals surface area contributed by atoms with Crippen molar-refractivity contribution in [1.82, 2.24) is 0 Å². The number of hydrogen-bond acceptors (Lipinski definition) is 3. The molecule has 17 heavy (non-hydrogen) atoms. The highest BCUT2D eigenvalue weighted by molar-refractivity contribution is 5.53.